The molecule has 0 unspecified atom stereocenters. The van der Waals surface area contributed by atoms with Crippen LogP contribution in [0.5, 0.6) is 0 Å². The van der Waals surface area contributed by atoms with E-state index in [0.717, 1.165) is 24.1 Å². The molecule has 0 aromatic heterocycles. The molecule has 2 aromatic carbocycles. The molecular formula is C26H34F2N4O5S. The topological polar surface area (TPSA) is 122 Å². The highest BCUT2D eigenvalue weighted by molar-refractivity contribution is 7.90. The number of nitrogens with zero attached hydrogens (tertiary/aromatic N) is 2. The highest BCUT2D eigenvalue weighted by Crippen LogP contribution is 2.33. The minimum atomic E-state index is -4.53. The Morgan fingerprint density at radius 2 is 1.76 bits per heavy atom. The molecular weight excluding hydrogens is 518 g/mol. The van der Waals surface area contributed by atoms with Gasteiger partial charge in [-0.1, -0.05) is 18.6 Å². The number of carbonyl (C=O) groups is 1. The van der Waals surface area contributed by atoms with Crippen LogP contribution in [0, 0.1) is 15.9 Å². The number of halogens is 2. The van der Waals surface area contributed by atoms with E-state index in [0.29, 0.717) is 38.6 Å². The lowest BCUT2D eigenvalue weighted by Crippen LogP contribution is -2.46. The Balaban J connectivity index is 1.79. The minimum Gasteiger partial charge on any atom is -0.377 e. The largest absolute Gasteiger partial charge is 0.377 e. The zero-order valence-corrected chi connectivity index (χ0v) is 22.4. The van der Waals surface area contributed by atoms with Gasteiger partial charge in [-0.2, -0.15) is 0 Å². The third-order valence-corrected chi connectivity index (χ3v) is 8.06. The number of amides is 1. The number of benzene rings is 2. The van der Waals surface area contributed by atoms with Crippen LogP contribution in [0.4, 0.5) is 20.2 Å². The van der Waals surface area contributed by atoms with Gasteiger partial charge in [0.05, 0.1) is 9.82 Å². The van der Waals surface area contributed by atoms with Gasteiger partial charge >= 0.3 is 0 Å². The van der Waals surface area contributed by atoms with Gasteiger partial charge in [0.25, 0.3) is 21.6 Å². The molecule has 2 aromatic rings. The highest BCUT2D eigenvalue weighted by atomic mass is 32.2. The van der Waals surface area contributed by atoms with Gasteiger partial charge in [-0.15, -0.1) is 0 Å². The number of hydrogen-bond acceptors (Lipinski definition) is 7. The number of rotatable bonds is 12. The van der Waals surface area contributed by atoms with Crippen molar-refractivity contribution < 1.29 is 26.9 Å². The molecule has 1 fully saturated rings. The van der Waals surface area contributed by atoms with Crippen LogP contribution in [-0.2, 0) is 21.2 Å². The van der Waals surface area contributed by atoms with E-state index in [1.54, 1.807) is 16.9 Å². The first-order valence-corrected chi connectivity index (χ1v) is 14.1. The summed E-state index contributed by atoms with van der Waals surface area (Å²) in [6.07, 6.45) is 3.42. The van der Waals surface area contributed by atoms with Crippen LogP contribution in [0.3, 0.4) is 0 Å². The number of anilines is 1. The van der Waals surface area contributed by atoms with Crippen molar-refractivity contribution in [1.82, 2.24) is 9.62 Å². The highest BCUT2D eigenvalue weighted by Gasteiger charge is 2.41. The van der Waals surface area contributed by atoms with Crippen molar-refractivity contribution in [3.8, 4) is 0 Å². The number of carbonyl (C=O) groups excluding carboxylic acids is 1. The second-order valence-electron chi connectivity index (χ2n) is 10.00. The maximum absolute atomic E-state index is 15.0. The fraction of sp³-hybridized carbons (Fsp3) is 0.500. The molecule has 1 saturated carbocycles. The fourth-order valence-electron chi connectivity index (χ4n) is 4.48. The molecule has 12 heteroatoms. The van der Waals surface area contributed by atoms with Crippen molar-refractivity contribution in [3.63, 3.8) is 0 Å². The van der Waals surface area contributed by atoms with E-state index in [1.165, 1.54) is 18.2 Å². The molecule has 3 rings (SSSR count). The molecule has 1 amide bonds. The molecule has 0 spiro atoms. The standard InChI is InChI=1S/C26H34F2N4O5S/c1-31(2)17-14-21(11-8-19-6-9-20(27)10-7-19)29-23-13-12-22(18-24(23)32(34)35)38(36,37)30-25(33)26(28)15-4-3-5-16-26/h6-7,9-10,12-13,18,21,29H,3-5,8,11,14-17H2,1-2H3,(H,30,33)/t21-/m0/s1. The van der Waals surface area contributed by atoms with E-state index in [1.807, 2.05) is 19.0 Å². The molecule has 38 heavy (non-hydrogen) atoms. The van der Waals surface area contributed by atoms with Crippen molar-refractivity contribution in [2.45, 2.75) is 68.0 Å². The zero-order valence-electron chi connectivity index (χ0n) is 21.6. The lowest BCUT2D eigenvalue weighted by molar-refractivity contribution is -0.384. The minimum absolute atomic E-state index is 0.0659. The predicted molar refractivity (Wildman–Crippen MR) is 141 cm³/mol. The average molecular weight is 553 g/mol. The maximum Gasteiger partial charge on any atom is 0.293 e. The number of sulfonamides is 1. The van der Waals surface area contributed by atoms with Crippen LogP contribution >= 0.6 is 0 Å². The molecule has 0 radical (unpaired) electrons. The Kier molecular flexibility index (Phi) is 9.77. The summed E-state index contributed by atoms with van der Waals surface area (Å²) >= 11 is 0. The average Bonchev–Trinajstić information content (AvgIpc) is 2.86. The third-order valence-electron chi connectivity index (χ3n) is 6.74. The van der Waals surface area contributed by atoms with Crippen molar-refractivity contribution in [2.24, 2.45) is 0 Å². The molecule has 0 saturated heterocycles. The van der Waals surface area contributed by atoms with Gasteiger partial charge in [-0.05, 0) is 95.4 Å². The molecule has 208 valence electrons. The summed E-state index contributed by atoms with van der Waals surface area (Å²) in [5.74, 6) is -1.58. The third kappa shape index (κ3) is 7.94. The van der Waals surface area contributed by atoms with Gasteiger partial charge in [0.15, 0.2) is 5.67 Å². The van der Waals surface area contributed by atoms with E-state index >= 15 is 0 Å². The molecule has 1 aliphatic rings. The first-order chi connectivity index (χ1) is 17.9. The van der Waals surface area contributed by atoms with Gasteiger partial charge in [-0.25, -0.2) is 21.9 Å². The maximum atomic E-state index is 15.0. The number of nitro benzene ring substituents is 1. The summed E-state index contributed by atoms with van der Waals surface area (Å²) in [6.45, 7) is 0.693. The van der Waals surface area contributed by atoms with Crippen LogP contribution in [-0.4, -0.2) is 56.5 Å². The van der Waals surface area contributed by atoms with E-state index in [-0.39, 0.29) is 30.4 Å². The molecule has 1 atom stereocenters. The smallest absolute Gasteiger partial charge is 0.293 e. The number of alkyl halides is 1. The SMILES string of the molecule is CN(C)CC[C@H](CCc1ccc(F)cc1)Nc1ccc(S(=O)(=O)NC(=O)C2(F)CCCCC2)cc1[N+](=O)[O-]. The summed E-state index contributed by atoms with van der Waals surface area (Å²) in [6, 6.07) is 9.21. The van der Waals surface area contributed by atoms with E-state index in [2.05, 4.69) is 5.32 Å². The van der Waals surface area contributed by atoms with Gasteiger partial charge in [0.2, 0.25) is 0 Å². The summed E-state index contributed by atoms with van der Waals surface area (Å²) in [4.78, 5) is 25.1. The zero-order chi connectivity index (χ0) is 27.9. The van der Waals surface area contributed by atoms with Crippen molar-refractivity contribution in [3.05, 3.63) is 64.0 Å². The van der Waals surface area contributed by atoms with Gasteiger partial charge < -0.3 is 10.2 Å². The number of nitro groups is 1. The predicted octanol–water partition coefficient (Wildman–Crippen LogP) is 4.58. The van der Waals surface area contributed by atoms with E-state index in [4.69, 9.17) is 0 Å². The second kappa shape index (κ2) is 12.6. The first kappa shape index (κ1) is 29.4. The van der Waals surface area contributed by atoms with Crippen LogP contribution in [0.15, 0.2) is 47.4 Å². The molecule has 0 heterocycles. The van der Waals surface area contributed by atoms with Gasteiger partial charge in [0.1, 0.15) is 11.5 Å². The Morgan fingerprint density at radius 3 is 2.37 bits per heavy atom. The molecule has 2 N–H and O–H groups in total. The lowest BCUT2D eigenvalue weighted by Gasteiger charge is -2.27. The molecule has 0 aliphatic heterocycles. The summed E-state index contributed by atoms with van der Waals surface area (Å²) in [7, 11) is -0.718. The van der Waals surface area contributed by atoms with E-state index < -0.39 is 37.1 Å². The lowest BCUT2D eigenvalue weighted by atomic mass is 9.86. The first-order valence-electron chi connectivity index (χ1n) is 12.6. The Labute approximate surface area is 221 Å². The summed E-state index contributed by atoms with van der Waals surface area (Å²) < 4.78 is 55.6. The Bertz CT molecular complexity index is 1230. The van der Waals surface area contributed by atoms with Crippen molar-refractivity contribution in [1.29, 1.82) is 0 Å². The summed E-state index contributed by atoms with van der Waals surface area (Å²) in [5.41, 5.74) is -1.72. The number of hydrogen-bond donors (Lipinski definition) is 2. The van der Waals surface area contributed by atoms with Crippen molar-refractivity contribution in [2.75, 3.05) is 26.0 Å². The fourth-order valence-corrected chi connectivity index (χ4v) is 5.54. The molecule has 0 bridgehead atoms. The number of aryl methyl sites for hydroxylation is 1. The van der Waals surface area contributed by atoms with Gasteiger partial charge in [0, 0.05) is 12.1 Å². The summed E-state index contributed by atoms with van der Waals surface area (Å²) in [5, 5.41) is 15.0. The van der Waals surface area contributed by atoms with Crippen LogP contribution in [0.25, 0.3) is 0 Å². The van der Waals surface area contributed by atoms with Crippen LogP contribution in [0.1, 0.15) is 50.5 Å². The molecule has 9 nitrogen and oxygen atoms in total. The normalized spacial score (nSPS) is 16.1. The molecule has 1 aliphatic carbocycles. The van der Waals surface area contributed by atoms with Crippen molar-refractivity contribution >= 4 is 27.3 Å². The number of nitrogens with one attached hydrogen (secondary N) is 2. The second-order valence-corrected chi connectivity index (χ2v) is 11.7. The monoisotopic (exact) mass is 552 g/mol. The van der Waals surface area contributed by atoms with Crippen LogP contribution in [0.2, 0.25) is 0 Å². The van der Waals surface area contributed by atoms with Gasteiger partial charge in [-0.3, -0.25) is 14.9 Å². The quantitative estimate of drug-likeness (QED) is 0.292. The Hall–Kier alpha value is -3.12. The van der Waals surface area contributed by atoms with E-state index in [9.17, 15) is 32.1 Å². The van der Waals surface area contributed by atoms with Crippen LogP contribution < -0.4 is 10.0 Å². The Morgan fingerprint density at radius 1 is 1.11 bits per heavy atom.